The number of aryl methyl sites for hydroxylation is 1. The smallest absolute Gasteiger partial charge is 0.250 e. The van der Waals surface area contributed by atoms with E-state index in [9.17, 15) is 13.2 Å². The number of fused-ring (bicyclic) bond motifs is 1. The van der Waals surface area contributed by atoms with Crippen molar-refractivity contribution in [3.63, 3.8) is 0 Å². The molecule has 3 aromatic rings. The molecule has 3 rings (SSSR count). The topological polar surface area (TPSA) is 85.4 Å². The van der Waals surface area contributed by atoms with Gasteiger partial charge < -0.3 is 4.74 Å². The lowest BCUT2D eigenvalue weighted by Gasteiger charge is -2.05. The van der Waals surface area contributed by atoms with Gasteiger partial charge in [-0.2, -0.15) is 0 Å². The van der Waals surface area contributed by atoms with Crippen molar-refractivity contribution >= 4 is 48.5 Å². The number of rotatable bonds is 5. The van der Waals surface area contributed by atoms with Crippen LogP contribution in [0.4, 0.5) is 5.13 Å². The zero-order chi connectivity index (χ0) is 19.6. The quantitative estimate of drug-likeness (QED) is 0.658. The van der Waals surface area contributed by atoms with E-state index in [1.54, 1.807) is 25.3 Å². The fourth-order valence-electron chi connectivity index (χ4n) is 2.49. The van der Waals surface area contributed by atoms with E-state index in [1.807, 2.05) is 25.1 Å². The summed E-state index contributed by atoms with van der Waals surface area (Å²) in [4.78, 5) is 16.7. The molecule has 1 aromatic heterocycles. The molecule has 2 aromatic carbocycles. The van der Waals surface area contributed by atoms with Gasteiger partial charge in [-0.05, 0) is 43.3 Å². The van der Waals surface area contributed by atoms with Gasteiger partial charge in [-0.3, -0.25) is 10.1 Å². The Morgan fingerprint density at radius 1 is 1.22 bits per heavy atom. The molecule has 8 heteroatoms. The molecule has 1 N–H and O–H groups in total. The van der Waals surface area contributed by atoms with Gasteiger partial charge in [-0.1, -0.05) is 23.0 Å². The molecular formula is C19H18N2O4S2. The summed E-state index contributed by atoms with van der Waals surface area (Å²) in [6, 6.07) is 10.4. The second-order valence-electron chi connectivity index (χ2n) is 5.99. The van der Waals surface area contributed by atoms with E-state index < -0.39 is 9.84 Å². The highest BCUT2D eigenvalue weighted by Gasteiger charge is 2.11. The Hall–Kier alpha value is -2.71. The molecule has 6 nitrogen and oxygen atoms in total. The molecular weight excluding hydrogens is 384 g/mol. The number of methoxy groups -OCH3 is 1. The maximum Gasteiger partial charge on any atom is 0.250 e. The number of sulfone groups is 1. The number of anilines is 1. The summed E-state index contributed by atoms with van der Waals surface area (Å²) >= 11 is 1.22. The molecule has 0 aliphatic rings. The summed E-state index contributed by atoms with van der Waals surface area (Å²) in [6.45, 7) is 1.96. The van der Waals surface area contributed by atoms with Crippen LogP contribution >= 0.6 is 11.3 Å². The summed E-state index contributed by atoms with van der Waals surface area (Å²) in [5.74, 6) is 0.346. The number of thiazole rings is 1. The van der Waals surface area contributed by atoms with Gasteiger partial charge in [0.2, 0.25) is 5.91 Å². The molecule has 0 aliphatic carbocycles. The first-order valence-electron chi connectivity index (χ1n) is 8.00. The van der Waals surface area contributed by atoms with Crippen LogP contribution in [0.25, 0.3) is 16.3 Å². The Bertz CT molecular complexity index is 1150. The van der Waals surface area contributed by atoms with Crippen molar-refractivity contribution in [2.24, 2.45) is 0 Å². The van der Waals surface area contributed by atoms with Crippen LogP contribution in [-0.4, -0.2) is 32.7 Å². The van der Waals surface area contributed by atoms with Crippen molar-refractivity contribution in [2.75, 3.05) is 18.7 Å². The Morgan fingerprint density at radius 3 is 2.70 bits per heavy atom. The van der Waals surface area contributed by atoms with Crippen molar-refractivity contribution in [2.45, 2.75) is 11.8 Å². The van der Waals surface area contributed by atoms with E-state index in [0.717, 1.165) is 17.4 Å². The second-order valence-corrected chi connectivity index (χ2v) is 9.04. The van der Waals surface area contributed by atoms with Crippen molar-refractivity contribution in [1.82, 2.24) is 4.98 Å². The van der Waals surface area contributed by atoms with Gasteiger partial charge in [0.05, 0.1) is 22.2 Å². The predicted octanol–water partition coefficient (Wildman–Crippen LogP) is 3.67. The van der Waals surface area contributed by atoms with E-state index in [4.69, 9.17) is 4.74 Å². The summed E-state index contributed by atoms with van der Waals surface area (Å²) in [5.41, 5.74) is 2.49. The van der Waals surface area contributed by atoms with E-state index >= 15 is 0 Å². The number of ether oxygens (including phenoxy) is 1. The van der Waals surface area contributed by atoms with E-state index in [-0.39, 0.29) is 10.8 Å². The third kappa shape index (κ3) is 4.53. The molecule has 1 amide bonds. The van der Waals surface area contributed by atoms with Crippen molar-refractivity contribution in [3.05, 3.63) is 53.6 Å². The van der Waals surface area contributed by atoms with E-state index in [2.05, 4.69) is 10.3 Å². The Balaban J connectivity index is 1.79. The molecule has 0 unspecified atom stereocenters. The van der Waals surface area contributed by atoms with Gasteiger partial charge >= 0.3 is 0 Å². The molecule has 1 heterocycles. The van der Waals surface area contributed by atoms with Gasteiger partial charge in [0.25, 0.3) is 0 Å². The molecule has 27 heavy (non-hydrogen) atoms. The highest BCUT2D eigenvalue weighted by atomic mass is 32.2. The average Bonchev–Trinajstić information content (AvgIpc) is 3.00. The minimum atomic E-state index is -3.29. The number of hydrogen-bond acceptors (Lipinski definition) is 6. The minimum absolute atomic E-state index is 0.225. The van der Waals surface area contributed by atoms with Crippen molar-refractivity contribution in [3.8, 4) is 5.75 Å². The Labute approximate surface area is 161 Å². The lowest BCUT2D eigenvalue weighted by molar-refractivity contribution is -0.111. The molecule has 0 aliphatic heterocycles. The summed E-state index contributed by atoms with van der Waals surface area (Å²) in [6.07, 6.45) is 4.24. The molecule has 0 radical (unpaired) electrons. The third-order valence-electron chi connectivity index (χ3n) is 3.82. The number of nitrogens with one attached hydrogen (secondary N) is 1. The zero-order valence-corrected chi connectivity index (χ0v) is 16.6. The van der Waals surface area contributed by atoms with Crippen LogP contribution in [0.3, 0.4) is 0 Å². The van der Waals surface area contributed by atoms with Crippen LogP contribution in [0.2, 0.25) is 0 Å². The maximum atomic E-state index is 12.2. The van der Waals surface area contributed by atoms with Crippen LogP contribution in [-0.2, 0) is 14.6 Å². The zero-order valence-electron chi connectivity index (χ0n) is 15.0. The predicted molar refractivity (Wildman–Crippen MR) is 108 cm³/mol. The van der Waals surface area contributed by atoms with Gasteiger partial charge in [-0.25, -0.2) is 13.4 Å². The molecule has 0 fully saturated rings. The van der Waals surface area contributed by atoms with Gasteiger partial charge in [0, 0.05) is 17.9 Å². The van der Waals surface area contributed by atoms with Crippen molar-refractivity contribution in [1.29, 1.82) is 0 Å². The summed E-state index contributed by atoms with van der Waals surface area (Å²) in [7, 11) is -1.71. The average molecular weight is 402 g/mol. The number of amides is 1. The van der Waals surface area contributed by atoms with E-state index in [1.165, 1.54) is 23.5 Å². The molecule has 0 saturated carbocycles. The Kier molecular flexibility index (Phi) is 5.29. The van der Waals surface area contributed by atoms with Crippen molar-refractivity contribution < 1.29 is 17.9 Å². The SMILES string of the molecule is COc1ccc(C)cc1C=CC(=O)Nc1nc2ccc(S(C)(=O)=O)cc2s1. The van der Waals surface area contributed by atoms with E-state index in [0.29, 0.717) is 21.1 Å². The largest absolute Gasteiger partial charge is 0.496 e. The maximum absolute atomic E-state index is 12.2. The Morgan fingerprint density at radius 2 is 2.00 bits per heavy atom. The second kappa shape index (κ2) is 7.50. The third-order valence-corrected chi connectivity index (χ3v) is 5.86. The highest BCUT2D eigenvalue weighted by molar-refractivity contribution is 7.90. The van der Waals surface area contributed by atoms with Crippen LogP contribution in [0.15, 0.2) is 47.4 Å². The number of benzene rings is 2. The van der Waals surface area contributed by atoms with Crippen LogP contribution in [0.1, 0.15) is 11.1 Å². The fraction of sp³-hybridized carbons (Fsp3) is 0.158. The highest BCUT2D eigenvalue weighted by Crippen LogP contribution is 2.28. The van der Waals surface area contributed by atoms with Gasteiger partial charge in [0.1, 0.15) is 5.75 Å². The molecule has 0 spiro atoms. The first kappa shape index (κ1) is 19.1. The molecule has 0 atom stereocenters. The number of hydrogen-bond donors (Lipinski definition) is 1. The monoisotopic (exact) mass is 402 g/mol. The molecule has 140 valence electrons. The lowest BCUT2D eigenvalue weighted by Crippen LogP contribution is -2.07. The normalized spacial score (nSPS) is 11.8. The first-order chi connectivity index (χ1) is 12.8. The molecule has 0 saturated heterocycles. The minimum Gasteiger partial charge on any atom is -0.496 e. The number of aromatic nitrogens is 1. The van der Waals surface area contributed by atoms with Crippen LogP contribution in [0.5, 0.6) is 5.75 Å². The summed E-state index contributed by atoms with van der Waals surface area (Å²) < 4.78 is 29.3. The number of carbonyl (C=O) groups is 1. The lowest BCUT2D eigenvalue weighted by atomic mass is 10.1. The first-order valence-corrected chi connectivity index (χ1v) is 10.7. The molecule has 0 bridgehead atoms. The van der Waals surface area contributed by atoms with Gasteiger partial charge in [-0.15, -0.1) is 0 Å². The number of nitrogens with zero attached hydrogens (tertiary/aromatic N) is 1. The summed E-state index contributed by atoms with van der Waals surface area (Å²) in [5, 5.41) is 3.11. The number of carbonyl (C=O) groups excluding carboxylic acids is 1. The van der Waals surface area contributed by atoms with Crippen LogP contribution in [0, 0.1) is 6.92 Å². The fourth-order valence-corrected chi connectivity index (χ4v) is 4.12. The standard InChI is InChI=1S/C19H18N2O4S2/c1-12-4-8-16(25-2)13(10-12)5-9-18(22)21-19-20-15-7-6-14(27(3,23)24)11-17(15)26-19/h4-11H,1-3H3,(H,20,21,22). The van der Waals surface area contributed by atoms with Crippen LogP contribution < -0.4 is 10.1 Å². The van der Waals surface area contributed by atoms with Gasteiger partial charge in [0.15, 0.2) is 15.0 Å².